The van der Waals surface area contributed by atoms with Crippen LogP contribution in [0.25, 0.3) is 0 Å². The number of hydrogen-bond donors (Lipinski definition) is 0. The molecular weight excluding hydrogens is 230 g/mol. The monoisotopic (exact) mass is 263 g/mol. The van der Waals surface area contributed by atoms with Crippen LogP contribution < -0.4 is 0 Å². The third-order valence-corrected chi connectivity index (χ3v) is 6.35. The first kappa shape index (κ1) is 13.9. The Bertz CT molecular complexity index is 268. The normalized spacial score (nSPS) is 40.6. The molecule has 1 nitrogen and oxygen atoms in total. The summed E-state index contributed by atoms with van der Waals surface area (Å²) >= 11 is 0. The van der Waals surface area contributed by atoms with Crippen LogP contribution in [0.4, 0.5) is 0 Å². The molecule has 0 spiro atoms. The van der Waals surface area contributed by atoms with Gasteiger partial charge in [-0.25, -0.2) is 0 Å². The minimum absolute atomic E-state index is 0.851. The Hall–Kier alpha value is -0.0400. The van der Waals surface area contributed by atoms with Crippen molar-refractivity contribution in [1.82, 2.24) is 4.90 Å². The zero-order valence-corrected chi connectivity index (χ0v) is 13.3. The molecule has 0 aromatic carbocycles. The van der Waals surface area contributed by atoms with E-state index < -0.39 is 0 Å². The molecule has 4 fully saturated rings. The topological polar surface area (TPSA) is 3.24 Å². The van der Waals surface area contributed by atoms with Gasteiger partial charge in [-0.2, -0.15) is 0 Å². The standard InChI is InChI=1S/C18H33N/c1-13(2)4-6-19(3)7-5-18-16-9-14-8-15(11-16)12-17(18)10-14/h13-18H,4-12H2,1-3H3. The minimum Gasteiger partial charge on any atom is -0.306 e. The summed E-state index contributed by atoms with van der Waals surface area (Å²) in [7, 11) is 2.33. The van der Waals surface area contributed by atoms with E-state index in [2.05, 4.69) is 25.8 Å². The zero-order chi connectivity index (χ0) is 13.4. The van der Waals surface area contributed by atoms with Gasteiger partial charge in [0.15, 0.2) is 0 Å². The Balaban J connectivity index is 1.45. The molecule has 0 heterocycles. The number of rotatable bonds is 6. The first-order valence-electron chi connectivity index (χ1n) is 8.80. The van der Waals surface area contributed by atoms with E-state index in [0.29, 0.717) is 0 Å². The van der Waals surface area contributed by atoms with Crippen LogP contribution in [-0.4, -0.2) is 25.0 Å². The van der Waals surface area contributed by atoms with Gasteiger partial charge in [0.25, 0.3) is 0 Å². The highest BCUT2D eigenvalue weighted by Crippen LogP contribution is 2.57. The van der Waals surface area contributed by atoms with Crippen LogP contribution in [0.1, 0.15) is 58.8 Å². The lowest BCUT2D eigenvalue weighted by Gasteiger charge is -2.54. The van der Waals surface area contributed by atoms with Crippen LogP contribution in [0.15, 0.2) is 0 Å². The third-order valence-electron chi connectivity index (χ3n) is 6.35. The molecule has 0 aromatic rings. The fourth-order valence-corrected chi connectivity index (χ4v) is 5.47. The van der Waals surface area contributed by atoms with Crippen molar-refractivity contribution >= 4 is 0 Å². The summed E-state index contributed by atoms with van der Waals surface area (Å²) in [5.41, 5.74) is 0. The average molecular weight is 263 g/mol. The van der Waals surface area contributed by atoms with Crippen molar-refractivity contribution in [3.8, 4) is 0 Å². The van der Waals surface area contributed by atoms with Crippen molar-refractivity contribution in [2.75, 3.05) is 20.1 Å². The van der Waals surface area contributed by atoms with Gasteiger partial charge in [-0.3, -0.25) is 0 Å². The smallest absolute Gasteiger partial charge is 0.00189 e. The Labute approximate surface area is 120 Å². The Morgan fingerprint density at radius 2 is 1.47 bits per heavy atom. The molecule has 1 heteroatoms. The van der Waals surface area contributed by atoms with Crippen LogP contribution in [-0.2, 0) is 0 Å². The Kier molecular flexibility index (Phi) is 4.22. The van der Waals surface area contributed by atoms with Crippen LogP contribution in [0.5, 0.6) is 0 Å². The van der Waals surface area contributed by atoms with E-state index in [1.165, 1.54) is 25.9 Å². The summed E-state index contributed by atoms with van der Waals surface area (Å²) < 4.78 is 0. The van der Waals surface area contributed by atoms with Gasteiger partial charge < -0.3 is 4.90 Å². The summed E-state index contributed by atoms with van der Waals surface area (Å²) in [6.07, 6.45) is 10.8. The van der Waals surface area contributed by atoms with Crippen molar-refractivity contribution in [3.05, 3.63) is 0 Å². The highest BCUT2D eigenvalue weighted by Gasteiger charge is 2.47. The van der Waals surface area contributed by atoms with Gasteiger partial charge in [-0.1, -0.05) is 13.8 Å². The predicted octanol–water partition coefficient (Wildman–Crippen LogP) is 4.43. The van der Waals surface area contributed by atoms with E-state index in [0.717, 1.165) is 35.5 Å². The Morgan fingerprint density at radius 1 is 0.895 bits per heavy atom. The van der Waals surface area contributed by atoms with Gasteiger partial charge >= 0.3 is 0 Å². The van der Waals surface area contributed by atoms with Gasteiger partial charge in [0.05, 0.1) is 0 Å². The fourth-order valence-electron chi connectivity index (χ4n) is 5.47. The first-order valence-corrected chi connectivity index (χ1v) is 8.80. The molecule has 0 aliphatic heterocycles. The van der Waals surface area contributed by atoms with E-state index in [4.69, 9.17) is 0 Å². The molecule has 4 aliphatic carbocycles. The third kappa shape index (κ3) is 3.17. The second-order valence-corrected chi connectivity index (χ2v) is 8.37. The van der Waals surface area contributed by atoms with E-state index in [1.54, 1.807) is 32.1 Å². The molecule has 0 N–H and O–H groups in total. The first-order chi connectivity index (χ1) is 9.11. The van der Waals surface area contributed by atoms with Crippen LogP contribution in [0.3, 0.4) is 0 Å². The molecule has 19 heavy (non-hydrogen) atoms. The minimum atomic E-state index is 0.851. The summed E-state index contributed by atoms with van der Waals surface area (Å²) in [5, 5.41) is 0. The van der Waals surface area contributed by atoms with Crippen molar-refractivity contribution in [1.29, 1.82) is 0 Å². The van der Waals surface area contributed by atoms with Crippen molar-refractivity contribution in [2.45, 2.75) is 58.8 Å². The molecular formula is C18H33N. The van der Waals surface area contributed by atoms with Gasteiger partial charge in [0.2, 0.25) is 0 Å². The molecule has 4 bridgehead atoms. The fraction of sp³-hybridized carbons (Fsp3) is 1.00. The molecule has 0 amide bonds. The van der Waals surface area contributed by atoms with Gasteiger partial charge in [0, 0.05) is 0 Å². The number of hydrogen-bond acceptors (Lipinski definition) is 1. The van der Waals surface area contributed by atoms with Gasteiger partial charge in [0.1, 0.15) is 0 Å². The van der Waals surface area contributed by atoms with E-state index in [-0.39, 0.29) is 0 Å². The van der Waals surface area contributed by atoms with Crippen molar-refractivity contribution in [3.63, 3.8) is 0 Å². The highest BCUT2D eigenvalue weighted by molar-refractivity contribution is 4.98. The molecule has 4 saturated carbocycles. The van der Waals surface area contributed by atoms with E-state index >= 15 is 0 Å². The maximum Gasteiger partial charge on any atom is -0.00189 e. The average Bonchev–Trinajstić information content (AvgIpc) is 2.34. The molecule has 0 atom stereocenters. The molecule has 0 saturated heterocycles. The second kappa shape index (κ2) is 5.76. The van der Waals surface area contributed by atoms with Gasteiger partial charge in [-0.05, 0) is 101 Å². The zero-order valence-electron chi connectivity index (χ0n) is 13.3. The summed E-state index contributed by atoms with van der Waals surface area (Å²) in [4.78, 5) is 2.59. The quantitative estimate of drug-likeness (QED) is 0.685. The number of nitrogens with zero attached hydrogens (tertiary/aromatic N) is 1. The van der Waals surface area contributed by atoms with Crippen molar-refractivity contribution in [2.24, 2.45) is 35.5 Å². The van der Waals surface area contributed by atoms with Crippen LogP contribution >= 0.6 is 0 Å². The van der Waals surface area contributed by atoms with E-state index in [9.17, 15) is 0 Å². The van der Waals surface area contributed by atoms with Gasteiger partial charge in [-0.15, -0.1) is 0 Å². The molecule has 0 aromatic heterocycles. The van der Waals surface area contributed by atoms with Crippen LogP contribution in [0.2, 0.25) is 0 Å². The van der Waals surface area contributed by atoms with Crippen molar-refractivity contribution < 1.29 is 0 Å². The largest absolute Gasteiger partial charge is 0.306 e. The SMILES string of the molecule is CC(C)CCN(C)CCC1C2CC3CC(C2)CC1C3. The molecule has 4 aliphatic rings. The maximum atomic E-state index is 2.59. The summed E-state index contributed by atoms with van der Waals surface area (Å²) in [6, 6.07) is 0. The van der Waals surface area contributed by atoms with Crippen LogP contribution in [0, 0.1) is 35.5 Å². The highest BCUT2D eigenvalue weighted by atomic mass is 15.1. The van der Waals surface area contributed by atoms with E-state index in [1.807, 2.05) is 0 Å². The lowest BCUT2D eigenvalue weighted by atomic mass is 9.51. The molecule has 0 unspecified atom stereocenters. The lowest BCUT2D eigenvalue weighted by molar-refractivity contribution is -0.0420. The molecule has 0 radical (unpaired) electrons. The predicted molar refractivity (Wildman–Crippen MR) is 82.1 cm³/mol. The Morgan fingerprint density at radius 3 is 2.00 bits per heavy atom. The maximum absolute atomic E-state index is 2.59. The summed E-state index contributed by atoms with van der Waals surface area (Å²) in [5.74, 6) is 6.46. The lowest BCUT2D eigenvalue weighted by Crippen LogP contribution is -2.45. The summed E-state index contributed by atoms with van der Waals surface area (Å²) in [6.45, 7) is 7.32. The second-order valence-electron chi connectivity index (χ2n) is 8.37. The molecule has 110 valence electrons. The molecule has 4 rings (SSSR count).